The molecule has 0 nitrogen and oxygen atoms in total. The molecule has 0 saturated heterocycles. The van der Waals surface area contributed by atoms with Crippen LogP contribution < -0.4 is 0 Å². The molecular formula is C22H23F. The van der Waals surface area contributed by atoms with Gasteiger partial charge in [-0.05, 0) is 48.2 Å². The quantitative estimate of drug-likeness (QED) is 0.595. The van der Waals surface area contributed by atoms with Crippen molar-refractivity contribution in [2.75, 3.05) is 0 Å². The van der Waals surface area contributed by atoms with E-state index in [0.717, 1.165) is 36.8 Å². The molecule has 0 unspecified atom stereocenters. The molecule has 0 atom stereocenters. The van der Waals surface area contributed by atoms with E-state index in [0.29, 0.717) is 5.56 Å². The lowest BCUT2D eigenvalue weighted by atomic mass is 10.1. The maximum absolute atomic E-state index is 14.1. The second-order valence-corrected chi connectivity index (χ2v) is 5.63. The second kappa shape index (κ2) is 8.96. The lowest BCUT2D eigenvalue weighted by Gasteiger charge is -1.99. The Morgan fingerprint density at radius 1 is 0.957 bits per heavy atom. The minimum Gasteiger partial charge on any atom is -0.206 e. The summed E-state index contributed by atoms with van der Waals surface area (Å²) in [4.78, 5) is 0. The van der Waals surface area contributed by atoms with E-state index in [1.807, 2.05) is 24.3 Å². The summed E-state index contributed by atoms with van der Waals surface area (Å²) in [6, 6.07) is 13.4. The van der Waals surface area contributed by atoms with Crippen molar-refractivity contribution in [2.45, 2.75) is 39.5 Å². The van der Waals surface area contributed by atoms with Crippen molar-refractivity contribution < 1.29 is 4.39 Å². The van der Waals surface area contributed by atoms with Gasteiger partial charge in [-0.3, -0.25) is 0 Å². The van der Waals surface area contributed by atoms with Crippen molar-refractivity contribution in [3.63, 3.8) is 0 Å². The largest absolute Gasteiger partial charge is 0.206 e. The van der Waals surface area contributed by atoms with Crippen LogP contribution in [0.5, 0.6) is 0 Å². The molecular weight excluding hydrogens is 283 g/mol. The molecule has 23 heavy (non-hydrogen) atoms. The molecule has 0 saturated carbocycles. The van der Waals surface area contributed by atoms with Crippen molar-refractivity contribution in [1.82, 2.24) is 0 Å². The smallest absolute Gasteiger partial charge is 0.139 e. The van der Waals surface area contributed by atoms with Crippen molar-refractivity contribution in [3.8, 4) is 11.8 Å². The summed E-state index contributed by atoms with van der Waals surface area (Å²) in [5.41, 5.74) is 3.55. The molecule has 0 radical (unpaired) electrons. The van der Waals surface area contributed by atoms with Gasteiger partial charge in [0.25, 0.3) is 0 Å². The molecule has 1 heteroatoms. The highest BCUT2D eigenvalue weighted by Crippen LogP contribution is 2.12. The van der Waals surface area contributed by atoms with E-state index in [4.69, 9.17) is 0 Å². The minimum absolute atomic E-state index is 0.265. The zero-order valence-corrected chi connectivity index (χ0v) is 13.9. The first-order valence-electron chi connectivity index (χ1n) is 8.30. The number of halogens is 1. The number of benzene rings is 2. The summed E-state index contributed by atoms with van der Waals surface area (Å²) in [7, 11) is 0. The van der Waals surface area contributed by atoms with E-state index in [1.165, 1.54) is 5.56 Å². The van der Waals surface area contributed by atoms with Gasteiger partial charge in [-0.1, -0.05) is 68.9 Å². The third-order valence-corrected chi connectivity index (χ3v) is 3.59. The Labute approximate surface area is 139 Å². The van der Waals surface area contributed by atoms with Crippen LogP contribution in [0.1, 0.15) is 55.4 Å². The number of hydrogen-bond donors (Lipinski definition) is 0. The van der Waals surface area contributed by atoms with Crippen LogP contribution in [0.4, 0.5) is 4.39 Å². The Balaban J connectivity index is 2.11. The van der Waals surface area contributed by atoms with Crippen LogP contribution in [0.15, 0.2) is 48.5 Å². The fraction of sp³-hybridized carbons (Fsp3) is 0.273. The maximum atomic E-state index is 14.1. The van der Waals surface area contributed by atoms with Gasteiger partial charge < -0.3 is 0 Å². The van der Waals surface area contributed by atoms with Gasteiger partial charge in [-0.15, -0.1) is 0 Å². The zero-order chi connectivity index (χ0) is 16.5. The molecule has 0 aliphatic rings. The van der Waals surface area contributed by atoms with Gasteiger partial charge in [-0.25, -0.2) is 4.39 Å². The lowest BCUT2D eigenvalue weighted by Crippen LogP contribution is -1.86. The normalized spacial score (nSPS) is 10.6. The summed E-state index contributed by atoms with van der Waals surface area (Å²) >= 11 is 0. The molecule has 2 rings (SSSR count). The lowest BCUT2D eigenvalue weighted by molar-refractivity contribution is 0.624. The molecule has 0 spiro atoms. The third kappa shape index (κ3) is 5.42. The Hall–Kier alpha value is -2.33. The van der Waals surface area contributed by atoms with E-state index in [1.54, 1.807) is 12.1 Å². The van der Waals surface area contributed by atoms with Crippen molar-refractivity contribution >= 4 is 6.08 Å². The van der Waals surface area contributed by atoms with Gasteiger partial charge >= 0.3 is 0 Å². The summed E-state index contributed by atoms with van der Waals surface area (Å²) in [5.74, 6) is 5.70. The molecule has 0 amide bonds. The van der Waals surface area contributed by atoms with Crippen molar-refractivity contribution in [1.29, 1.82) is 0 Å². The first-order valence-corrected chi connectivity index (χ1v) is 8.30. The molecule has 0 aromatic heterocycles. The van der Waals surface area contributed by atoms with Gasteiger partial charge in [0.2, 0.25) is 0 Å². The Bertz CT molecular complexity index is 712. The summed E-state index contributed by atoms with van der Waals surface area (Å²) in [6.07, 6.45) is 8.34. The average Bonchev–Trinajstić information content (AvgIpc) is 2.56. The number of hydrogen-bond acceptors (Lipinski definition) is 0. The Morgan fingerprint density at radius 2 is 1.74 bits per heavy atom. The zero-order valence-electron chi connectivity index (χ0n) is 13.9. The SMILES string of the molecule is CCC/C=C/c1ccc(C#Cc2ccc(CCC)cc2)c(F)c1. The summed E-state index contributed by atoms with van der Waals surface area (Å²) in [6.45, 7) is 4.29. The van der Waals surface area contributed by atoms with E-state index in [9.17, 15) is 4.39 Å². The number of aryl methyl sites for hydroxylation is 1. The molecule has 0 aliphatic heterocycles. The highest BCUT2D eigenvalue weighted by atomic mass is 19.1. The fourth-order valence-electron chi connectivity index (χ4n) is 2.31. The number of unbranched alkanes of at least 4 members (excludes halogenated alkanes) is 1. The number of rotatable bonds is 5. The monoisotopic (exact) mass is 306 g/mol. The molecule has 118 valence electrons. The van der Waals surface area contributed by atoms with Crippen LogP contribution >= 0.6 is 0 Å². The van der Waals surface area contributed by atoms with E-state index >= 15 is 0 Å². The van der Waals surface area contributed by atoms with E-state index in [-0.39, 0.29) is 5.82 Å². The highest BCUT2D eigenvalue weighted by Gasteiger charge is 1.99. The predicted octanol–water partition coefficient (Wildman–Crippen LogP) is 5.99. The standard InChI is InChI=1S/C22H23F/c1-3-5-6-8-20-14-16-21(22(23)17-20)15-13-19-11-9-18(7-4-2)10-12-19/h6,8-12,14,16-17H,3-5,7H2,1-2H3/b8-6+. The molecule has 0 aliphatic carbocycles. The third-order valence-electron chi connectivity index (χ3n) is 3.59. The average molecular weight is 306 g/mol. The minimum atomic E-state index is -0.265. The first-order chi connectivity index (χ1) is 11.2. The van der Waals surface area contributed by atoms with Crippen LogP contribution in [0.25, 0.3) is 6.08 Å². The van der Waals surface area contributed by atoms with Crippen LogP contribution in [-0.2, 0) is 6.42 Å². The van der Waals surface area contributed by atoms with Crippen LogP contribution in [0.3, 0.4) is 0 Å². The van der Waals surface area contributed by atoms with E-state index in [2.05, 4.69) is 43.9 Å². The second-order valence-electron chi connectivity index (χ2n) is 5.63. The van der Waals surface area contributed by atoms with Crippen LogP contribution in [0, 0.1) is 17.7 Å². The van der Waals surface area contributed by atoms with Gasteiger partial charge in [0.1, 0.15) is 5.82 Å². The molecule has 2 aromatic carbocycles. The first kappa shape index (κ1) is 17.0. The Morgan fingerprint density at radius 3 is 2.39 bits per heavy atom. The topological polar surface area (TPSA) is 0 Å². The Kier molecular flexibility index (Phi) is 6.63. The molecule has 0 N–H and O–H groups in total. The summed E-state index contributed by atoms with van der Waals surface area (Å²) < 4.78 is 14.1. The summed E-state index contributed by atoms with van der Waals surface area (Å²) in [5, 5.41) is 0. The highest BCUT2D eigenvalue weighted by molar-refractivity contribution is 5.53. The predicted molar refractivity (Wildman–Crippen MR) is 96.8 cm³/mol. The van der Waals surface area contributed by atoms with Gasteiger partial charge in [-0.2, -0.15) is 0 Å². The molecule has 2 aromatic rings. The fourth-order valence-corrected chi connectivity index (χ4v) is 2.31. The van der Waals surface area contributed by atoms with Crippen molar-refractivity contribution in [3.05, 3.63) is 76.6 Å². The van der Waals surface area contributed by atoms with Crippen LogP contribution in [-0.4, -0.2) is 0 Å². The molecule has 0 heterocycles. The molecule has 0 fully saturated rings. The van der Waals surface area contributed by atoms with Crippen LogP contribution in [0.2, 0.25) is 0 Å². The van der Waals surface area contributed by atoms with Gasteiger partial charge in [0.15, 0.2) is 0 Å². The van der Waals surface area contributed by atoms with E-state index < -0.39 is 0 Å². The maximum Gasteiger partial charge on any atom is 0.139 e. The molecule has 0 bridgehead atoms. The van der Waals surface area contributed by atoms with Gasteiger partial charge in [0, 0.05) is 5.56 Å². The number of allylic oxidation sites excluding steroid dienone is 1. The van der Waals surface area contributed by atoms with Crippen molar-refractivity contribution in [2.24, 2.45) is 0 Å². The van der Waals surface area contributed by atoms with Gasteiger partial charge in [0.05, 0.1) is 5.56 Å².